The van der Waals surface area contributed by atoms with Crippen molar-refractivity contribution < 1.29 is 19.1 Å². The lowest BCUT2D eigenvalue weighted by Crippen LogP contribution is -2.49. The lowest BCUT2D eigenvalue weighted by molar-refractivity contribution is -0.119. The van der Waals surface area contributed by atoms with Crippen molar-refractivity contribution in [3.63, 3.8) is 0 Å². The van der Waals surface area contributed by atoms with Crippen LogP contribution < -0.4 is 9.47 Å². The van der Waals surface area contributed by atoms with Crippen LogP contribution in [0.1, 0.15) is 24.0 Å². The fraction of sp³-hybridized carbons (Fsp3) is 0.444. The van der Waals surface area contributed by atoms with Crippen molar-refractivity contribution in [1.29, 1.82) is 0 Å². The minimum Gasteiger partial charge on any atom is -0.493 e. The van der Waals surface area contributed by atoms with Gasteiger partial charge >= 0.3 is 0 Å². The SMILES string of the molecule is COc1ccc2c3c1OCC[C@@]31C=CC(=O)C[C@H]1[C@H](C=O)C2. The van der Waals surface area contributed by atoms with Crippen LogP contribution in [0.2, 0.25) is 0 Å². The number of methoxy groups -OCH3 is 1. The number of carbonyl (C=O) groups is 2. The summed E-state index contributed by atoms with van der Waals surface area (Å²) in [6, 6.07) is 3.94. The molecule has 0 saturated heterocycles. The molecule has 3 atom stereocenters. The molecule has 1 aromatic carbocycles. The van der Waals surface area contributed by atoms with Crippen LogP contribution in [-0.2, 0) is 21.4 Å². The summed E-state index contributed by atoms with van der Waals surface area (Å²) in [4.78, 5) is 23.5. The standard InChI is InChI=1S/C18H18O4/c1-21-15-3-2-11-8-12(10-19)14-9-13(20)4-5-18(14)6-7-22-17(15)16(11)18/h2-5,10,12,14H,6-9H2,1H3/t12-,14-,18+/m0/s1. The Morgan fingerprint density at radius 1 is 1.36 bits per heavy atom. The summed E-state index contributed by atoms with van der Waals surface area (Å²) in [7, 11) is 1.64. The lowest BCUT2D eigenvalue weighted by atomic mass is 9.54. The van der Waals surface area contributed by atoms with Crippen LogP contribution >= 0.6 is 0 Å². The van der Waals surface area contributed by atoms with Gasteiger partial charge in [-0.1, -0.05) is 12.1 Å². The second kappa shape index (κ2) is 4.70. The normalized spacial score (nSPS) is 31.8. The lowest BCUT2D eigenvalue weighted by Gasteiger charge is -2.50. The maximum Gasteiger partial charge on any atom is 0.165 e. The molecule has 0 radical (unpaired) electrons. The molecule has 0 fully saturated rings. The highest BCUT2D eigenvalue weighted by atomic mass is 16.5. The third-order valence-corrected chi connectivity index (χ3v) is 5.45. The summed E-state index contributed by atoms with van der Waals surface area (Å²) in [5, 5.41) is 0. The van der Waals surface area contributed by atoms with E-state index < -0.39 is 0 Å². The van der Waals surface area contributed by atoms with Crippen LogP contribution in [0.25, 0.3) is 0 Å². The van der Waals surface area contributed by atoms with Crippen LogP contribution in [-0.4, -0.2) is 25.8 Å². The Morgan fingerprint density at radius 2 is 2.23 bits per heavy atom. The highest BCUT2D eigenvalue weighted by Crippen LogP contribution is 2.57. The molecule has 1 heterocycles. The number of carbonyl (C=O) groups excluding carboxylic acids is 2. The van der Waals surface area contributed by atoms with E-state index in [9.17, 15) is 9.59 Å². The summed E-state index contributed by atoms with van der Waals surface area (Å²) < 4.78 is 11.3. The molecule has 22 heavy (non-hydrogen) atoms. The van der Waals surface area contributed by atoms with Crippen molar-refractivity contribution in [1.82, 2.24) is 0 Å². The highest BCUT2D eigenvalue weighted by Gasteiger charge is 2.52. The Labute approximate surface area is 129 Å². The first-order valence-electron chi connectivity index (χ1n) is 7.70. The van der Waals surface area contributed by atoms with E-state index in [1.54, 1.807) is 13.2 Å². The number of ether oxygens (including phenoxy) is 2. The average Bonchev–Trinajstić information content (AvgIpc) is 2.55. The van der Waals surface area contributed by atoms with Gasteiger partial charge in [0, 0.05) is 23.3 Å². The Morgan fingerprint density at radius 3 is 3.00 bits per heavy atom. The molecule has 4 rings (SSSR count). The molecule has 4 heteroatoms. The molecular formula is C18H18O4. The van der Waals surface area contributed by atoms with Gasteiger partial charge in [0.1, 0.15) is 6.29 Å². The van der Waals surface area contributed by atoms with Gasteiger partial charge in [-0.25, -0.2) is 0 Å². The summed E-state index contributed by atoms with van der Waals surface area (Å²) in [6.45, 7) is 0.577. The maximum absolute atomic E-state index is 11.9. The van der Waals surface area contributed by atoms with Gasteiger partial charge in [-0.15, -0.1) is 0 Å². The Kier molecular flexibility index (Phi) is 2.90. The van der Waals surface area contributed by atoms with Crippen molar-refractivity contribution in [2.24, 2.45) is 11.8 Å². The molecule has 114 valence electrons. The van der Waals surface area contributed by atoms with E-state index in [2.05, 4.69) is 0 Å². The zero-order chi connectivity index (χ0) is 15.3. The van der Waals surface area contributed by atoms with E-state index >= 15 is 0 Å². The van der Waals surface area contributed by atoms with E-state index in [4.69, 9.17) is 9.47 Å². The molecular weight excluding hydrogens is 280 g/mol. The summed E-state index contributed by atoms with van der Waals surface area (Å²) in [5.74, 6) is 1.55. The van der Waals surface area contributed by atoms with Crippen LogP contribution in [0.3, 0.4) is 0 Å². The Bertz CT molecular complexity index is 691. The van der Waals surface area contributed by atoms with Crippen molar-refractivity contribution in [2.45, 2.75) is 24.7 Å². The van der Waals surface area contributed by atoms with E-state index in [1.807, 2.05) is 18.2 Å². The summed E-state index contributed by atoms with van der Waals surface area (Å²) in [6.07, 6.45) is 6.65. The number of aldehydes is 1. The second-order valence-electron chi connectivity index (χ2n) is 6.38. The molecule has 1 spiro atoms. The smallest absolute Gasteiger partial charge is 0.165 e. The molecule has 2 aliphatic carbocycles. The predicted octanol–water partition coefficient (Wildman–Crippen LogP) is 2.23. The molecule has 0 unspecified atom stereocenters. The van der Waals surface area contributed by atoms with Gasteiger partial charge in [0.2, 0.25) is 0 Å². The fourth-order valence-electron chi connectivity index (χ4n) is 4.48. The minimum atomic E-state index is -0.269. The molecule has 4 nitrogen and oxygen atoms in total. The number of allylic oxidation sites excluding steroid dienone is 2. The van der Waals surface area contributed by atoms with Gasteiger partial charge in [0.15, 0.2) is 17.3 Å². The van der Waals surface area contributed by atoms with E-state index in [1.165, 1.54) is 0 Å². The van der Waals surface area contributed by atoms with E-state index in [0.717, 1.165) is 35.3 Å². The number of hydrogen-bond acceptors (Lipinski definition) is 4. The predicted molar refractivity (Wildman–Crippen MR) is 80.3 cm³/mol. The van der Waals surface area contributed by atoms with Crippen LogP contribution in [0.5, 0.6) is 11.5 Å². The number of rotatable bonds is 2. The topological polar surface area (TPSA) is 52.6 Å². The first-order valence-corrected chi connectivity index (χ1v) is 7.70. The largest absolute Gasteiger partial charge is 0.493 e. The molecule has 1 aromatic rings. The fourth-order valence-corrected chi connectivity index (χ4v) is 4.48. The first-order chi connectivity index (χ1) is 10.7. The van der Waals surface area contributed by atoms with Crippen LogP contribution in [0.15, 0.2) is 24.3 Å². The second-order valence-corrected chi connectivity index (χ2v) is 6.38. The van der Waals surface area contributed by atoms with Gasteiger partial charge < -0.3 is 14.3 Å². The van der Waals surface area contributed by atoms with Crippen molar-refractivity contribution in [2.75, 3.05) is 13.7 Å². The quantitative estimate of drug-likeness (QED) is 0.786. The van der Waals surface area contributed by atoms with Gasteiger partial charge in [0.25, 0.3) is 0 Å². The van der Waals surface area contributed by atoms with Crippen molar-refractivity contribution in [3.8, 4) is 11.5 Å². The van der Waals surface area contributed by atoms with Gasteiger partial charge in [-0.2, -0.15) is 0 Å². The van der Waals surface area contributed by atoms with Gasteiger partial charge in [-0.3, -0.25) is 4.79 Å². The third-order valence-electron chi connectivity index (χ3n) is 5.45. The van der Waals surface area contributed by atoms with Gasteiger partial charge in [0.05, 0.1) is 13.7 Å². The molecule has 0 bridgehead atoms. The van der Waals surface area contributed by atoms with Crippen LogP contribution in [0, 0.1) is 11.8 Å². The maximum atomic E-state index is 11.9. The Hall–Kier alpha value is -2.10. The minimum absolute atomic E-state index is 0.0322. The molecule has 0 saturated carbocycles. The third kappa shape index (κ3) is 1.64. The molecule has 0 amide bonds. The molecule has 0 N–H and O–H groups in total. The highest BCUT2D eigenvalue weighted by molar-refractivity contribution is 5.92. The summed E-state index contributed by atoms with van der Waals surface area (Å²) >= 11 is 0. The molecule has 1 aliphatic heterocycles. The van der Waals surface area contributed by atoms with E-state index in [0.29, 0.717) is 19.4 Å². The number of hydrogen-bond donors (Lipinski definition) is 0. The summed E-state index contributed by atoms with van der Waals surface area (Å²) in [5.41, 5.74) is 2.00. The van der Waals surface area contributed by atoms with Crippen molar-refractivity contribution >= 4 is 12.1 Å². The number of ketones is 1. The zero-order valence-electron chi connectivity index (χ0n) is 12.5. The molecule has 0 aromatic heterocycles. The molecule has 3 aliphatic rings. The average molecular weight is 298 g/mol. The van der Waals surface area contributed by atoms with E-state index in [-0.39, 0.29) is 23.0 Å². The Balaban J connectivity index is 2.01. The number of benzene rings is 1. The van der Waals surface area contributed by atoms with Gasteiger partial charge in [-0.05, 0) is 36.5 Å². The van der Waals surface area contributed by atoms with Crippen LogP contribution in [0.4, 0.5) is 0 Å². The van der Waals surface area contributed by atoms with Crippen molar-refractivity contribution in [3.05, 3.63) is 35.4 Å². The monoisotopic (exact) mass is 298 g/mol. The first kappa shape index (κ1) is 13.6. The zero-order valence-corrected chi connectivity index (χ0v) is 12.5.